The summed E-state index contributed by atoms with van der Waals surface area (Å²) in [5, 5.41) is 2.76. The Bertz CT molecular complexity index is 582. The fourth-order valence-corrected chi connectivity index (χ4v) is 2.96. The van der Waals surface area contributed by atoms with Gasteiger partial charge in [0.2, 0.25) is 11.8 Å². The fourth-order valence-electron chi connectivity index (χ4n) is 2.96. The maximum Gasteiger partial charge on any atom is 0.238 e. The average Bonchev–Trinajstić information content (AvgIpc) is 3.26. The molecule has 1 aliphatic heterocycles. The molecule has 6 heteroatoms. The summed E-state index contributed by atoms with van der Waals surface area (Å²) >= 11 is 0. The largest absolute Gasteiger partial charge is 0.340 e. The first-order valence-electron chi connectivity index (χ1n) is 8.09. The monoisotopic (exact) mass is 319 g/mol. The first-order valence-corrected chi connectivity index (χ1v) is 8.09. The Morgan fingerprint density at radius 2 is 1.78 bits per heavy atom. The third-order valence-corrected chi connectivity index (χ3v) is 4.61. The Balaban J connectivity index is 1.42. The third kappa shape index (κ3) is 4.07. The second-order valence-electron chi connectivity index (χ2n) is 6.48. The average molecular weight is 319 g/mol. The summed E-state index contributed by atoms with van der Waals surface area (Å²) in [5.41, 5.74) is 0.591. The molecule has 2 atom stereocenters. The Labute approximate surface area is 135 Å². The highest BCUT2D eigenvalue weighted by atomic mass is 19.1. The number of halogens is 1. The van der Waals surface area contributed by atoms with Gasteiger partial charge >= 0.3 is 0 Å². The zero-order valence-electron chi connectivity index (χ0n) is 13.3. The molecule has 2 amide bonds. The second-order valence-corrected chi connectivity index (χ2v) is 6.48. The van der Waals surface area contributed by atoms with E-state index in [1.165, 1.54) is 12.1 Å². The molecule has 0 bridgehead atoms. The highest BCUT2D eigenvalue weighted by Crippen LogP contribution is 2.39. The van der Waals surface area contributed by atoms with Crippen molar-refractivity contribution in [1.29, 1.82) is 0 Å². The lowest BCUT2D eigenvalue weighted by Crippen LogP contribution is -2.51. The standard InChI is InChI=1S/C17H22FN3O2/c1-12-10-15(12)17(23)21-8-6-20(7-9-21)11-16(22)19-14-4-2-13(18)3-5-14/h2-5,12,15H,6-11H2,1H3,(H,19,22). The number of nitrogens with zero attached hydrogens (tertiary/aromatic N) is 2. The Hall–Kier alpha value is -1.95. The van der Waals surface area contributed by atoms with Gasteiger partial charge in [0, 0.05) is 37.8 Å². The van der Waals surface area contributed by atoms with E-state index in [9.17, 15) is 14.0 Å². The van der Waals surface area contributed by atoms with E-state index < -0.39 is 0 Å². The molecule has 1 aliphatic carbocycles. The van der Waals surface area contributed by atoms with Crippen LogP contribution in [0.4, 0.5) is 10.1 Å². The number of carbonyl (C=O) groups excluding carboxylic acids is 2. The number of anilines is 1. The van der Waals surface area contributed by atoms with Crippen LogP contribution in [0.3, 0.4) is 0 Å². The second kappa shape index (κ2) is 6.66. The van der Waals surface area contributed by atoms with Crippen LogP contribution in [0.5, 0.6) is 0 Å². The van der Waals surface area contributed by atoms with Crippen molar-refractivity contribution < 1.29 is 14.0 Å². The summed E-state index contributed by atoms with van der Waals surface area (Å²) in [6.07, 6.45) is 1.01. The molecule has 2 unspecified atom stereocenters. The predicted octanol–water partition coefficient (Wildman–Crippen LogP) is 1.56. The molecule has 3 rings (SSSR count). The summed E-state index contributed by atoms with van der Waals surface area (Å²) < 4.78 is 12.8. The number of hydrogen-bond donors (Lipinski definition) is 1. The number of benzene rings is 1. The van der Waals surface area contributed by atoms with E-state index in [1.54, 1.807) is 12.1 Å². The van der Waals surface area contributed by atoms with Crippen molar-refractivity contribution >= 4 is 17.5 Å². The van der Waals surface area contributed by atoms with Gasteiger partial charge in [-0.25, -0.2) is 4.39 Å². The fraction of sp³-hybridized carbons (Fsp3) is 0.529. The molecule has 1 heterocycles. The van der Waals surface area contributed by atoms with E-state index in [2.05, 4.69) is 12.2 Å². The van der Waals surface area contributed by atoms with Crippen LogP contribution in [0.2, 0.25) is 0 Å². The van der Waals surface area contributed by atoms with Crippen LogP contribution in [-0.2, 0) is 9.59 Å². The molecule has 1 N–H and O–H groups in total. The number of rotatable bonds is 4. The minimum absolute atomic E-state index is 0.118. The van der Waals surface area contributed by atoms with Crippen molar-refractivity contribution in [2.75, 3.05) is 38.0 Å². The van der Waals surface area contributed by atoms with Crippen molar-refractivity contribution in [3.63, 3.8) is 0 Å². The molecule has 0 spiro atoms. The summed E-state index contributed by atoms with van der Waals surface area (Å²) in [6.45, 7) is 5.20. The van der Waals surface area contributed by atoms with Gasteiger partial charge in [0.25, 0.3) is 0 Å². The number of carbonyl (C=O) groups is 2. The summed E-state index contributed by atoms with van der Waals surface area (Å²) in [5.74, 6) is 0.583. The minimum atomic E-state index is -0.325. The maximum atomic E-state index is 12.8. The van der Waals surface area contributed by atoms with Crippen LogP contribution >= 0.6 is 0 Å². The van der Waals surface area contributed by atoms with Gasteiger partial charge in [0.05, 0.1) is 6.54 Å². The maximum absolute atomic E-state index is 12.8. The van der Waals surface area contributed by atoms with Crippen LogP contribution in [0.25, 0.3) is 0 Å². The molecule has 0 aromatic heterocycles. The van der Waals surface area contributed by atoms with Crippen LogP contribution < -0.4 is 5.32 Å². The van der Waals surface area contributed by atoms with Crippen molar-refractivity contribution in [2.45, 2.75) is 13.3 Å². The Kier molecular flexibility index (Phi) is 4.61. The predicted molar refractivity (Wildman–Crippen MR) is 85.3 cm³/mol. The lowest BCUT2D eigenvalue weighted by atomic mass is 10.2. The molecule has 1 aromatic carbocycles. The van der Waals surface area contributed by atoms with E-state index in [0.29, 0.717) is 44.3 Å². The van der Waals surface area contributed by atoms with Gasteiger partial charge in [-0.1, -0.05) is 6.92 Å². The van der Waals surface area contributed by atoms with E-state index in [-0.39, 0.29) is 23.5 Å². The number of hydrogen-bond acceptors (Lipinski definition) is 3. The van der Waals surface area contributed by atoms with E-state index >= 15 is 0 Å². The number of amides is 2. The zero-order chi connectivity index (χ0) is 16.4. The molecular formula is C17H22FN3O2. The summed E-state index contributed by atoms with van der Waals surface area (Å²) in [6, 6.07) is 5.72. The SMILES string of the molecule is CC1CC1C(=O)N1CCN(CC(=O)Nc2ccc(F)cc2)CC1. The quantitative estimate of drug-likeness (QED) is 0.916. The molecular weight excluding hydrogens is 297 g/mol. The Morgan fingerprint density at radius 3 is 2.35 bits per heavy atom. The van der Waals surface area contributed by atoms with Gasteiger partial charge in [-0.2, -0.15) is 0 Å². The molecule has 2 aliphatic rings. The van der Waals surface area contributed by atoms with Gasteiger partial charge in [0.1, 0.15) is 5.82 Å². The molecule has 23 heavy (non-hydrogen) atoms. The summed E-state index contributed by atoms with van der Waals surface area (Å²) in [4.78, 5) is 28.1. The van der Waals surface area contributed by atoms with Gasteiger partial charge in [-0.15, -0.1) is 0 Å². The smallest absolute Gasteiger partial charge is 0.238 e. The zero-order valence-corrected chi connectivity index (χ0v) is 13.3. The first kappa shape index (κ1) is 15.9. The van der Waals surface area contributed by atoms with Crippen LogP contribution in [0.15, 0.2) is 24.3 Å². The van der Waals surface area contributed by atoms with E-state index in [0.717, 1.165) is 6.42 Å². The molecule has 1 saturated carbocycles. The van der Waals surface area contributed by atoms with Crippen LogP contribution in [-0.4, -0.2) is 54.3 Å². The van der Waals surface area contributed by atoms with Gasteiger partial charge in [-0.05, 0) is 36.6 Å². The highest BCUT2D eigenvalue weighted by molar-refractivity contribution is 5.92. The van der Waals surface area contributed by atoms with Gasteiger partial charge < -0.3 is 10.2 Å². The third-order valence-electron chi connectivity index (χ3n) is 4.61. The molecule has 5 nitrogen and oxygen atoms in total. The molecule has 124 valence electrons. The highest BCUT2D eigenvalue weighted by Gasteiger charge is 2.41. The van der Waals surface area contributed by atoms with Crippen molar-refractivity contribution in [2.24, 2.45) is 11.8 Å². The lowest BCUT2D eigenvalue weighted by Gasteiger charge is -2.34. The van der Waals surface area contributed by atoms with Crippen LogP contribution in [0, 0.1) is 17.7 Å². The summed E-state index contributed by atoms with van der Waals surface area (Å²) in [7, 11) is 0. The number of piperazine rings is 1. The first-order chi connectivity index (χ1) is 11.0. The topological polar surface area (TPSA) is 52.7 Å². The van der Waals surface area contributed by atoms with Crippen LogP contribution in [0.1, 0.15) is 13.3 Å². The molecule has 1 aromatic rings. The van der Waals surface area contributed by atoms with Crippen molar-refractivity contribution in [3.05, 3.63) is 30.1 Å². The number of nitrogens with one attached hydrogen (secondary N) is 1. The van der Waals surface area contributed by atoms with E-state index in [1.807, 2.05) is 9.80 Å². The Morgan fingerprint density at radius 1 is 1.17 bits per heavy atom. The van der Waals surface area contributed by atoms with Crippen molar-refractivity contribution in [3.8, 4) is 0 Å². The molecule has 2 fully saturated rings. The van der Waals surface area contributed by atoms with Gasteiger partial charge in [0.15, 0.2) is 0 Å². The molecule has 0 radical (unpaired) electrons. The normalized spacial score (nSPS) is 24.3. The lowest BCUT2D eigenvalue weighted by molar-refractivity contribution is -0.134. The molecule has 1 saturated heterocycles. The van der Waals surface area contributed by atoms with Crippen molar-refractivity contribution in [1.82, 2.24) is 9.80 Å². The van der Waals surface area contributed by atoms with E-state index in [4.69, 9.17) is 0 Å². The van der Waals surface area contributed by atoms with Gasteiger partial charge in [-0.3, -0.25) is 14.5 Å². The minimum Gasteiger partial charge on any atom is -0.340 e.